The number of ether oxygens (including phenoxy) is 3. The van der Waals surface area contributed by atoms with Gasteiger partial charge in [-0.15, -0.1) is 0 Å². The summed E-state index contributed by atoms with van der Waals surface area (Å²) in [6, 6.07) is 0. The average Bonchev–Trinajstić information content (AvgIpc) is 2.26. The Morgan fingerprint density at radius 1 is 1.11 bits per heavy atom. The van der Waals surface area contributed by atoms with Gasteiger partial charge in [-0.1, -0.05) is 13.3 Å². The highest BCUT2D eigenvalue weighted by Crippen LogP contribution is 2.08. The third kappa shape index (κ3) is 12.3. The maximum absolute atomic E-state index is 11.0. The number of nitrogens with two attached hydrogens (primary N) is 1. The standard InChI is InChI=1S/C11H25NO5S/c1-3-4-11(10-18(12,13)14)9-17-8-7-16-6-5-15-2/h11H,3-10H2,1-2H3,(H2,12,13,14). The highest BCUT2D eigenvalue weighted by atomic mass is 32.2. The third-order valence-corrected chi connectivity index (χ3v) is 3.26. The molecule has 0 radical (unpaired) electrons. The van der Waals surface area contributed by atoms with Crippen LogP contribution in [-0.2, 0) is 24.2 Å². The second-order valence-corrected chi connectivity index (χ2v) is 5.82. The van der Waals surface area contributed by atoms with Crippen LogP contribution in [0.25, 0.3) is 0 Å². The molecular formula is C11H25NO5S. The molecule has 0 aliphatic rings. The smallest absolute Gasteiger partial charge is 0.209 e. The second-order valence-electron chi connectivity index (χ2n) is 4.16. The van der Waals surface area contributed by atoms with E-state index in [0.29, 0.717) is 33.0 Å². The first-order chi connectivity index (χ1) is 8.49. The number of sulfonamides is 1. The highest BCUT2D eigenvalue weighted by Gasteiger charge is 2.15. The Balaban J connectivity index is 3.64. The van der Waals surface area contributed by atoms with Gasteiger partial charge in [0.05, 0.1) is 38.8 Å². The minimum Gasteiger partial charge on any atom is -0.382 e. The van der Waals surface area contributed by atoms with Gasteiger partial charge in [-0.3, -0.25) is 0 Å². The quantitative estimate of drug-likeness (QED) is 0.523. The molecule has 1 unspecified atom stereocenters. The SMILES string of the molecule is CCCC(COCCOCCOC)CS(N)(=O)=O. The van der Waals surface area contributed by atoms with E-state index in [1.54, 1.807) is 7.11 Å². The third-order valence-electron chi connectivity index (χ3n) is 2.32. The van der Waals surface area contributed by atoms with Crippen LogP contribution < -0.4 is 5.14 Å². The van der Waals surface area contributed by atoms with Crippen LogP contribution in [0.4, 0.5) is 0 Å². The molecule has 0 aromatic heterocycles. The molecule has 110 valence electrons. The lowest BCUT2D eigenvalue weighted by atomic mass is 10.1. The summed E-state index contributed by atoms with van der Waals surface area (Å²) in [4.78, 5) is 0. The molecule has 0 rings (SSSR count). The van der Waals surface area contributed by atoms with Gasteiger partial charge in [0.2, 0.25) is 10.0 Å². The molecule has 0 aliphatic carbocycles. The van der Waals surface area contributed by atoms with Gasteiger partial charge in [-0.2, -0.15) is 0 Å². The van der Waals surface area contributed by atoms with Crippen molar-refractivity contribution in [2.45, 2.75) is 19.8 Å². The van der Waals surface area contributed by atoms with Gasteiger partial charge in [-0.05, 0) is 12.3 Å². The van der Waals surface area contributed by atoms with Crippen molar-refractivity contribution in [1.82, 2.24) is 0 Å². The zero-order valence-corrected chi connectivity index (χ0v) is 12.1. The minimum atomic E-state index is -3.43. The summed E-state index contributed by atoms with van der Waals surface area (Å²) >= 11 is 0. The summed E-state index contributed by atoms with van der Waals surface area (Å²) in [5.74, 6) is -0.0604. The molecule has 0 aliphatic heterocycles. The van der Waals surface area contributed by atoms with Gasteiger partial charge in [-0.25, -0.2) is 13.6 Å². The first-order valence-corrected chi connectivity index (χ1v) is 7.86. The van der Waals surface area contributed by atoms with E-state index in [1.165, 1.54) is 0 Å². The lowest BCUT2D eigenvalue weighted by molar-refractivity contribution is 0.0166. The van der Waals surface area contributed by atoms with E-state index in [0.717, 1.165) is 12.8 Å². The van der Waals surface area contributed by atoms with Crippen molar-refractivity contribution in [3.8, 4) is 0 Å². The fraction of sp³-hybridized carbons (Fsp3) is 1.00. The Kier molecular flexibility index (Phi) is 10.6. The number of primary sulfonamides is 1. The molecule has 0 heterocycles. The molecule has 0 saturated heterocycles. The van der Waals surface area contributed by atoms with Gasteiger partial charge in [0.25, 0.3) is 0 Å². The normalized spacial score (nSPS) is 13.7. The highest BCUT2D eigenvalue weighted by molar-refractivity contribution is 7.89. The summed E-state index contributed by atoms with van der Waals surface area (Å²) in [6.45, 7) is 4.44. The first kappa shape index (κ1) is 17.8. The van der Waals surface area contributed by atoms with Crippen LogP contribution in [0.15, 0.2) is 0 Å². The summed E-state index contributed by atoms with van der Waals surface area (Å²) in [5.41, 5.74) is 0. The summed E-state index contributed by atoms with van der Waals surface area (Å²) in [6.07, 6.45) is 1.70. The van der Waals surface area contributed by atoms with Crippen LogP contribution in [0.1, 0.15) is 19.8 Å². The van der Waals surface area contributed by atoms with E-state index < -0.39 is 10.0 Å². The minimum absolute atomic E-state index is 0.0224. The van der Waals surface area contributed by atoms with Crippen molar-refractivity contribution in [2.75, 3.05) is 45.9 Å². The van der Waals surface area contributed by atoms with Crippen molar-refractivity contribution in [2.24, 2.45) is 11.1 Å². The van der Waals surface area contributed by atoms with Crippen molar-refractivity contribution < 1.29 is 22.6 Å². The van der Waals surface area contributed by atoms with Crippen molar-refractivity contribution in [3.05, 3.63) is 0 Å². The molecule has 0 bridgehead atoms. The summed E-state index contributed by atoms with van der Waals surface area (Å²) in [5, 5.41) is 5.03. The molecular weight excluding hydrogens is 258 g/mol. The molecule has 18 heavy (non-hydrogen) atoms. The van der Waals surface area contributed by atoms with Crippen LogP contribution in [-0.4, -0.2) is 54.3 Å². The van der Waals surface area contributed by atoms with Crippen LogP contribution in [0, 0.1) is 5.92 Å². The van der Waals surface area contributed by atoms with E-state index in [4.69, 9.17) is 19.3 Å². The summed E-state index contributed by atoms with van der Waals surface area (Å²) < 4.78 is 37.5. The van der Waals surface area contributed by atoms with Crippen LogP contribution in [0.5, 0.6) is 0 Å². The van der Waals surface area contributed by atoms with E-state index >= 15 is 0 Å². The molecule has 0 fully saturated rings. The number of hydrogen-bond acceptors (Lipinski definition) is 5. The maximum Gasteiger partial charge on any atom is 0.209 e. The van der Waals surface area contributed by atoms with Crippen LogP contribution in [0.3, 0.4) is 0 Å². The maximum atomic E-state index is 11.0. The van der Waals surface area contributed by atoms with Crippen molar-refractivity contribution in [3.63, 3.8) is 0 Å². The Bertz CT molecular complexity index is 281. The van der Waals surface area contributed by atoms with E-state index in [9.17, 15) is 8.42 Å². The molecule has 2 N–H and O–H groups in total. The first-order valence-electron chi connectivity index (χ1n) is 6.14. The van der Waals surface area contributed by atoms with Crippen LogP contribution >= 0.6 is 0 Å². The summed E-state index contributed by atoms with van der Waals surface area (Å²) in [7, 11) is -1.81. The molecule has 7 heteroatoms. The monoisotopic (exact) mass is 283 g/mol. The van der Waals surface area contributed by atoms with Gasteiger partial charge in [0.1, 0.15) is 0 Å². The Morgan fingerprint density at radius 3 is 2.28 bits per heavy atom. The van der Waals surface area contributed by atoms with Crippen molar-refractivity contribution >= 4 is 10.0 Å². The molecule has 0 spiro atoms. The Morgan fingerprint density at radius 2 is 1.72 bits per heavy atom. The lowest BCUT2D eigenvalue weighted by Gasteiger charge is -2.15. The fourth-order valence-electron chi connectivity index (χ4n) is 1.56. The number of hydrogen-bond donors (Lipinski definition) is 1. The molecule has 0 amide bonds. The van der Waals surface area contributed by atoms with Gasteiger partial charge in [0.15, 0.2) is 0 Å². The van der Waals surface area contributed by atoms with Gasteiger partial charge >= 0.3 is 0 Å². The van der Waals surface area contributed by atoms with Crippen molar-refractivity contribution in [1.29, 1.82) is 0 Å². The molecule has 0 aromatic carbocycles. The zero-order valence-electron chi connectivity index (χ0n) is 11.3. The molecule has 0 saturated carbocycles. The molecule has 0 aromatic rings. The van der Waals surface area contributed by atoms with E-state index in [1.807, 2.05) is 6.92 Å². The Hall–Kier alpha value is -0.210. The molecule has 1 atom stereocenters. The largest absolute Gasteiger partial charge is 0.382 e. The Labute approximate surface area is 110 Å². The number of rotatable bonds is 12. The van der Waals surface area contributed by atoms with E-state index in [2.05, 4.69) is 0 Å². The topological polar surface area (TPSA) is 87.8 Å². The van der Waals surface area contributed by atoms with Gasteiger partial charge in [0, 0.05) is 7.11 Å². The van der Waals surface area contributed by atoms with Gasteiger partial charge < -0.3 is 14.2 Å². The second kappa shape index (κ2) is 10.7. The lowest BCUT2D eigenvalue weighted by Crippen LogP contribution is -2.26. The van der Waals surface area contributed by atoms with Crippen LogP contribution in [0.2, 0.25) is 0 Å². The predicted molar refractivity (Wildman–Crippen MR) is 69.9 cm³/mol. The average molecular weight is 283 g/mol. The number of methoxy groups -OCH3 is 1. The zero-order chi connectivity index (χ0) is 13.9. The fourth-order valence-corrected chi connectivity index (χ4v) is 2.48. The molecule has 6 nitrogen and oxygen atoms in total. The predicted octanol–water partition coefficient (Wildman–Crippen LogP) is 0.371. The van der Waals surface area contributed by atoms with E-state index in [-0.39, 0.29) is 11.7 Å².